The number of carbonyl (C=O) groups is 1. The van der Waals surface area contributed by atoms with Gasteiger partial charge in [0.15, 0.2) is 0 Å². The fourth-order valence-corrected chi connectivity index (χ4v) is 2.45. The molecular weight excluding hydrogens is 266 g/mol. The third kappa shape index (κ3) is 3.78. The SMILES string of the molecule is CC(C)Cc1nnc(NCc2ccc(C(=O)O)o2)s1. The van der Waals surface area contributed by atoms with Gasteiger partial charge in [-0.05, 0) is 18.1 Å². The number of nitrogens with zero attached hydrogens (tertiary/aromatic N) is 2. The molecule has 2 rings (SSSR count). The minimum Gasteiger partial charge on any atom is -0.475 e. The number of nitrogens with one attached hydrogen (secondary N) is 1. The zero-order chi connectivity index (χ0) is 13.8. The second-order valence-electron chi connectivity index (χ2n) is 4.52. The molecule has 102 valence electrons. The summed E-state index contributed by atoms with van der Waals surface area (Å²) < 4.78 is 5.13. The highest BCUT2D eigenvalue weighted by Crippen LogP contribution is 2.19. The number of anilines is 1. The van der Waals surface area contributed by atoms with E-state index in [1.54, 1.807) is 6.07 Å². The van der Waals surface area contributed by atoms with E-state index < -0.39 is 5.97 Å². The van der Waals surface area contributed by atoms with E-state index in [9.17, 15) is 4.79 Å². The maximum atomic E-state index is 10.7. The lowest BCUT2D eigenvalue weighted by molar-refractivity contribution is 0.0660. The normalized spacial score (nSPS) is 10.9. The first-order chi connectivity index (χ1) is 9.04. The third-order valence-electron chi connectivity index (χ3n) is 2.34. The van der Waals surface area contributed by atoms with Crippen LogP contribution in [0.25, 0.3) is 0 Å². The number of hydrogen-bond donors (Lipinski definition) is 2. The summed E-state index contributed by atoms with van der Waals surface area (Å²) in [5, 5.41) is 21.6. The molecule has 0 aromatic carbocycles. The summed E-state index contributed by atoms with van der Waals surface area (Å²) in [7, 11) is 0. The van der Waals surface area contributed by atoms with Crippen molar-refractivity contribution in [3.8, 4) is 0 Å². The molecule has 0 saturated heterocycles. The van der Waals surface area contributed by atoms with Crippen molar-refractivity contribution in [2.24, 2.45) is 5.92 Å². The first-order valence-electron chi connectivity index (χ1n) is 5.93. The number of carboxylic acids is 1. The van der Waals surface area contributed by atoms with Crippen molar-refractivity contribution in [3.05, 3.63) is 28.7 Å². The minimum atomic E-state index is -1.07. The zero-order valence-corrected chi connectivity index (χ0v) is 11.5. The van der Waals surface area contributed by atoms with Crippen molar-refractivity contribution in [2.45, 2.75) is 26.8 Å². The topological polar surface area (TPSA) is 88.2 Å². The predicted molar refractivity (Wildman–Crippen MR) is 71.4 cm³/mol. The smallest absolute Gasteiger partial charge is 0.371 e. The summed E-state index contributed by atoms with van der Waals surface area (Å²) in [6, 6.07) is 3.07. The Labute approximate surface area is 114 Å². The van der Waals surface area contributed by atoms with Crippen molar-refractivity contribution in [2.75, 3.05) is 5.32 Å². The summed E-state index contributed by atoms with van der Waals surface area (Å²) in [6.45, 7) is 4.65. The van der Waals surface area contributed by atoms with Crippen LogP contribution in [0.1, 0.15) is 35.2 Å². The first kappa shape index (κ1) is 13.5. The van der Waals surface area contributed by atoms with Crippen LogP contribution in [0.4, 0.5) is 5.13 Å². The molecule has 0 atom stereocenters. The van der Waals surface area contributed by atoms with Crippen LogP contribution in [0.15, 0.2) is 16.5 Å². The van der Waals surface area contributed by atoms with E-state index in [1.807, 2.05) is 0 Å². The lowest BCUT2D eigenvalue weighted by Crippen LogP contribution is -1.98. The molecule has 2 aromatic rings. The molecule has 19 heavy (non-hydrogen) atoms. The summed E-state index contributed by atoms with van der Waals surface area (Å²) in [5.74, 6) is -0.0297. The van der Waals surface area contributed by atoms with E-state index in [2.05, 4.69) is 29.4 Å². The van der Waals surface area contributed by atoms with E-state index in [-0.39, 0.29) is 5.76 Å². The van der Waals surface area contributed by atoms with E-state index in [0.717, 1.165) is 11.4 Å². The Hall–Kier alpha value is -1.89. The average Bonchev–Trinajstić information content (AvgIpc) is 2.94. The molecule has 2 aromatic heterocycles. The number of rotatable bonds is 6. The minimum absolute atomic E-state index is 0.0606. The second-order valence-corrected chi connectivity index (χ2v) is 5.59. The molecule has 0 aliphatic rings. The van der Waals surface area contributed by atoms with Gasteiger partial charge in [0.1, 0.15) is 10.8 Å². The second kappa shape index (κ2) is 5.83. The summed E-state index contributed by atoms with van der Waals surface area (Å²) in [6.07, 6.45) is 0.906. The number of furan rings is 1. The molecule has 6 nitrogen and oxygen atoms in total. The summed E-state index contributed by atoms with van der Waals surface area (Å²) >= 11 is 1.50. The first-order valence-corrected chi connectivity index (χ1v) is 6.74. The van der Waals surface area contributed by atoms with Gasteiger partial charge in [0, 0.05) is 6.42 Å². The van der Waals surface area contributed by atoms with Crippen molar-refractivity contribution >= 4 is 22.4 Å². The van der Waals surface area contributed by atoms with Crippen LogP contribution in [0.2, 0.25) is 0 Å². The van der Waals surface area contributed by atoms with Crippen LogP contribution in [0.3, 0.4) is 0 Å². The van der Waals surface area contributed by atoms with Crippen LogP contribution in [0.5, 0.6) is 0 Å². The molecule has 7 heteroatoms. The molecule has 0 spiro atoms. The molecule has 0 fully saturated rings. The Kier molecular flexibility index (Phi) is 4.16. The van der Waals surface area contributed by atoms with Gasteiger partial charge in [0.25, 0.3) is 0 Å². The largest absolute Gasteiger partial charge is 0.475 e. The molecule has 0 bridgehead atoms. The number of hydrogen-bond acceptors (Lipinski definition) is 6. The molecule has 2 heterocycles. The van der Waals surface area contributed by atoms with Gasteiger partial charge in [0.2, 0.25) is 10.9 Å². The number of aromatic carboxylic acids is 1. The monoisotopic (exact) mass is 281 g/mol. The van der Waals surface area contributed by atoms with E-state index in [0.29, 0.717) is 23.4 Å². The fraction of sp³-hybridized carbons (Fsp3) is 0.417. The van der Waals surface area contributed by atoms with Crippen LogP contribution >= 0.6 is 11.3 Å². The van der Waals surface area contributed by atoms with Gasteiger partial charge in [-0.2, -0.15) is 0 Å². The van der Waals surface area contributed by atoms with Crippen LogP contribution < -0.4 is 5.32 Å². The molecule has 0 saturated carbocycles. The van der Waals surface area contributed by atoms with Crippen molar-refractivity contribution in [1.82, 2.24) is 10.2 Å². The Morgan fingerprint density at radius 1 is 1.47 bits per heavy atom. The van der Waals surface area contributed by atoms with Gasteiger partial charge in [-0.3, -0.25) is 0 Å². The van der Waals surface area contributed by atoms with Crippen molar-refractivity contribution < 1.29 is 14.3 Å². The number of carboxylic acid groups (broad SMARTS) is 1. The van der Waals surface area contributed by atoms with Crippen molar-refractivity contribution in [1.29, 1.82) is 0 Å². The molecule has 0 aliphatic carbocycles. The molecule has 0 amide bonds. The highest BCUT2D eigenvalue weighted by Gasteiger charge is 2.10. The lowest BCUT2D eigenvalue weighted by Gasteiger charge is -1.98. The van der Waals surface area contributed by atoms with Gasteiger partial charge in [0.05, 0.1) is 6.54 Å². The number of aromatic nitrogens is 2. The maximum absolute atomic E-state index is 10.7. The van der Waals surface area contributed by atoms with Gasteiger partial charge >= 0.3 is 5.97 Å². The summed E-state index contributed by atoms with van der Waals surface area (Å²) in [5.41, 5.74) is 0. The lowest BCUT2D eigenvalue weighted by atomic mass is 10.1. The quantitative estimate of drug-likeness (QED) is 0.846. The fourth-order valence-electron chi connectivity index (χ4n) is 1.51. The van der Waals surface area contributed by atoms with Crippen LogP contribution in [0, 0.1) is 5.92 Å². The van der Waals surface area contributed by atoms with E-state index in [1.165, 1.54) is 17.4 Å². The van der Waals surface area contributed by atoms with Crippen LogP contribution in [-0.2, 0) is 13.0 Å². The Morgan fingerprint density at radius 2 is 2.26 bits per heavy atom. The van der Waals surface area contributed by atoms with E-state index in [4.69, 9.17) is 9.52 Å². The third-order valence-corrected chi connectivity index (χ3v) is 3.24. The molecule has 0 radical (unpaired) electrons. The van der Waals surface area contributed by atoms with Gasteiger partial charge in [-0.25, -0.2) is 4.79 Å². The van der Waals surface area contributed by atoms with Gasteiger partial charge < -0.3 is 14.8 Å². The highest BCUT2D eigenvalue weighted by molar-refractivity contribution is 7.15. The van der Waals surface area contributed by atoms with Crippen LogP contribution in [-0.4, -0.2) is 21.3 Å². The average molecular weight is 281 g/mol. The Balaban J connectivity index is 1.90. The molecule has 0 aliphatic heterocycles. The zero-order valence-electron chi connectivity index (χ0n) is 10.7. The molecule has 2 N–H and O–H groups in total. The summed E-state index contributed by atoms with van der Waals surface area (Å²) in [4.78, 5) is 10.7. The molecular formula is C12H15N3O3S. The Morgan fingerprint density at radius 3 is 2.89 bits per heavy atom. The van der Waals surface area contributed by atoms with Crippen molar-refractivity contribution in [3.63, 3.8) is 0 Å². The van der Waals surface area contributed by atoms with Gasteiger partial charge in [-0.15, -0.1) is 10.2 Å². The molecule has 0 unspecified atom stereocenters. The predicted octanol–water partition coefficient (Wildman–Crippen LogP) is 2.64. The maximum Gasteiger partial charge on any atom is 0.371 e. The Bertz CT molecular complexity index is 562. The standard InChI is InChI=1S/C12H15N3O3S/c1-7(2)5-10-14-15-12(19-10)13-6-8-3-4-9(18-8)11(16)17/h3-4,7H,5-6H2,1-2H3,(H,13,15)(H,16,17). The van der Waals surface area contributed by atoms with Gasteiger partial charge in [-0.1, -0.05) is 25.2 Å². The van der Waals surface area contributed by atoms with E-state index >= 15 is 0 Å². The highest BCUT2D eigenvalue weighted by atomic mass is 32.1.